The van der Waals surface area contributed by atoms with E-state index in [0.29, 0.717) is 0 Å². The first-order chi connectivity index (χ1) is 15.9. The maximum Gasteiger partial charge on any atom is -0.0253 e. The standard InChI is InChI=1S/2C13H9.2C2H5.2ClH.H2Si.Zr/c2*1-3-7-12-10(5-1)9-11-6-2-4-8-13(11)12;2*1-2;;;;/h2*1-5,7-8H,9H2;2*1H2,2H3;2*1H;1H2;/q4*-1;;;;. The Hall–Kier alpha value is -1.44. The third-order valence-corrected chi connectivity index (χ3v) is 5.23. The summed E-state index contributed by atoms with van der Waals surface area (Å²) < 4.78 is 0. The molecule has 178 valence electrons. The van der Waals surface area contributed by atoms with E-state index in [1.807, 2.05) is 19.0 Å². The van der Waals surface area contributed by atoms with Gasteiger partial charge in [0, 0.05) is 0 Å². The molecule has 0 radical (unpaired) electrons. The fourth-order valence-electron chi connectivity index (χ4n) is 4.00. The SMILES string of the molecule is Cl.Cl.[CH2-]C.[CH2-]C.[SiH2]=[Zr].[c-]1cccc2c1Cc1ccccc1-2.[c-]1cccc2c1Cc1ccccc1-2. The molecule has 0 spiro atoms. The van der Waals surface area contributed by atoms with E-state index in [4.69, 9.17) is 0 Å². The Morgan fingerprint density at radius 3 is 1.26 bits per heavy atom. The largest absolute Gasteiger partial charge is 0.179 e. The summed E-state index contributed by atoms with van der Waals surface area (Å²) >= 11 is 1.58. The first-order valence-corrected chi connectivity index (χ1v) is 16.7. The van der Waals surface area contributed by atoms with Gasteiger partial charge in [-0.15, -0.1) is 35.9 Å². The van der Waals surface area contributed by atoms with Crippen molar-refractivity contribution in [2.45, 2.75) is 26.7 Å². The van der Waals surface area contributed by atoms with E-state index >= 15 is 0 Å². The second-order valence-electron chi connectivity index (χ2n) is 6.79. The summed E-state index contributed by atoms with van der Waals surface area (Å²) in [5, 5.41) is 0. The quantitative estimate of drug-likeness (QED) is 0.127. The monoisotopic (exact) mass is 580 g/mol. The second kappa shape index (κ2) is 17.9. The molecule has 0 unspecified atom stereocenters. The zero-order valence-corrected chi connectivity index (χ0v) is 25.4. The maximum absolute atomic E-state index is 3.30. The molecule has 0 bridgehead atoms. The summed E-state index contributed by atoms with van der Waals surface area (Å²) in [4.78, 5) is 0. The molecular weight excluding hydrogens is 551 g/mol. The Morgan fingerprint density at radius 2 is 0.882 bits per heavy atom. The normalized spacial score (nSPS) is 9.85. The van der Waals surface area contributed by atoms with Gasteiger partial charge in [-0.1, -0.05) is 70.8 Å². The van der Waals surface area contributed by atoms with E-state index in [-0.39, 0.29) is 24.8 Å². The Bertz CT molecular complexity index is 952. The average molecular weight is 583 g/mol. The molecule has 34 heavy (non-hydrogen) atoms. The molecule has 4 aromatic carbocycles. The van der Waals surface area contributed by atoms with Gasteiger partial charge in [0.05, 0.1) is 0 Å². The minimum atomic E-state index is 0. The van der Waals surface area contributed by atoms with Gasteiger partial charge in [-0.3, -0.25) is 0 Å². The Kier molecular flexibility index (Phi) is 17.2. The second-order valence-corrected chi connectivity index (χ2v) is 6.79. The van der Waals surface area contributed by atoms with E-state index in [1.165, 1.54) is 44.5 Å². The molecule has 2 aliphatic carbocycles. The van der Waals surface area contributed by atoms with Crippen molar-refractivity contribution in [3.63, 3.8) is 0 Å². The summed E-state index contributed by atoms with van der Waals surface area (Å²) in [6.07, 6.45) is 2.10. The number of fused-ring (bicyclic) bond motifs is 6. The van der Waals surface area contributed by atoms with E-state index in [2.05, 4.69) is 98.8 Å². The van der Waals surface area contributed by atoms with Crippen molar-refractivity contribution in [3.8, 4) is 22.3 Å². The molecule has 0 N–H and O–H groups in total. The number of hydrogen-bond donors (Lipinski definition) is 0. The van der Waals surface area contributed by atoms with Gasteiger partial charge in [-0.25, -0.2) is 0 Å². The van der Waals surface area contributed by atoms with Crippen LogP contribution in [0.2, 0.25) is 0 Å². The van der Waals surface area contributed by atoms with Crippen LogP contribution in [-0.4, -0.2) is 6.88 Å². The van der Waals surface area contributed by atoms with Gasteiger partial charge in [-0.2, -0.15) is 73.5 Å². The van der Waals surface area contributed by atoms with Crippen molar-refractivity contribution in [2.24, 2.45) is 0 Å². The van der Waals surface area contributed by atoms with E-state index in [1.54, 1.807) is 37.2 Å². The first-order valence-electron chi connectivity index (χ1n) is 10.8. The van der Waals surface area contributed by atoms with Gasteiger partial charge < -0.3 is 13.8 Å². The van der Waals surface area contributed by atoms with Crippen LogP contribution < -0.4 is 0 Å². The number of hydrogen-bond acceptors (Lipinski definition) is 0. The van der Waals surface area contributed by atoms with Gasteiger partial charge in [-0.05, 0) is 12.8 Å². The third-order valence-electron chi connectivity index (χ3n) is 5.23. The van der Waals surface area contributed by atoms with Crippen molar-refractivity contribution in [3.05, 3.63) is 133 Å². The van der Waals surface area contributed by atoms with Gasteiger partial charge in [0.25, 0.3) is 0 Å². The van der Waals surface area contributed by atoms with Crippen LogP contribution in [0.1, 0.15) is 36.1 Å². The number of rotatable bonds is 0. The minimum Gasteiger partial charge on any atom is -0.179 e. The Labute approximate surface area is 235 Å². The Morgan fingerprint density at radius 1 is 0.559 bits per heavy atom. The summed E-state index contributed by atoms with van der Waals surface area (Å²) in [6, 6.07) is 36.2. The summed E-state index contributed by atoms with van der Waals surface area (Å²) in [5.74, 6) is 0. The summed E-state index contributed by atoms with van der Waals surface area (Å²) in [6.45, 7) is 12.0. The molecular formula is C30H32Cl2SiZr-4. The predicted molar refractivity (Wildman–Crippen MR) is 152 cm³/mol. The molecule has 4 heteroatoms. The molecule has 0 atom stereocenters. The van der Waals surface area contributed by atoms with Crippen molar-refractivity contribution in [1.82, 2.24) is 0 Å². The average Bonchev–Trinajstić information content (AvgIpc) is 3.46. The summed E-state index contributed by atoms with van der Waals surface area (Å²) in [7, 11) is 0. The molecule has 0 aromatic heterocycles. The number of benzene rings is 4. The van der Waals surface area contributed by atoms with Gasteiger partial charge in [0.1, 0.15) is 0 Å². The fraction of sp³-hybridized carbons (Fsp3) is 0.133. The topological polar surface area (TPSA) is 0 Å². The van der Waals surface area contributed by atoms with Crippen LogP contribution in [-0.2, 0) is 36.2 Å². The van der Waals surface area contributed by atoms with Crippen LogP contribution in [0.25, 0.3) is 22.3 Å². The predicted octanol–water partition coefficient (Wildman–Crippen LogP) is 7.72. The molecule has 0 saturated heterocycles. The summed E-state index contributed by atoms with van der Waals surface area (Å²) in [5.41, 5.74) is 11.0. The van der Waals surface area contributed by atoms with Crippen LogP contribution in [0.3, 0.4) is 0 Å². The van der Waals surface area contributed by atoms with E-state index < -0.39 is 0 Å². The van der Waals surface area contributed by atoms with Gasteiger partial charge >= 0.3 is 30.2 Å². The van der Waals surface area contributed by atoms with Crippen LogP contribution >= 0.6 is 24.8 Å². The zero-order valence-electron chi connectivity index (χ0n) is 19.9. The van der Waals surface area contributed by atoms with Crippen LogP contribution in [0.4, 0.5) is 0 Å². The molecule has 0 amide bonds. The first kappa shape index (κ1) is 32.6. The third kappa shape index (κ3) is 7.79. The number of halogens is 2. The minimum absolute atomic E-state index is 0. The molecule has 0 nitrogen and oxygen atoms in total. The molecule has 0 fully saturated rings. The van der Waals surface area contributed by atoms with Crippen LogP contribution in [0, 0.1) is 26.0 Å². The molecule has 6 rings (SSSR count). The van der Waals surface area contributed by atoms with E-state index in [0.717, 1.165) is 12.8 Å². The van der Waals surface area contributed by atoms with Crippen molar-refractivity contribution >= 4 is 31.7 Å². The van der Waals surface area contributed by atoms with Crippen molar-refractivity contribution < 1.29 is 23.3 Å². The zero-order chi connectivity index (χ0) is 23.3. The van der Waals surface area contributed by atoms with Gasteiger partial charge in [0.2, 0.25) is 0 Å². The van der Waals surface area contributed by atoms with Crippen molar-refractivity contribution in [2.75, 3.05) is 0 Å². The van der Waals surface area contributed by atoms with E-state index in [9.17, 15) is 0 Å². The molecule has 2 aliphatic rings. The van der Waals surface area contributed by atoms with Crippen LogP contribution in [0.5, 0.6) is 0 Å². The Balaban J connectivity index is 0.000000502. The smallest absolute Gasteiger partial charge is 0.0253 e. The fourth-order valence-corrected chi connectivity index (χ4v) is 4.00. The van der Waals surface area contributed by atoms with Crippen LogP contribution in [0.15, 0.2) is 84.9 Å². The molecule has 0 heterocycles. The molecule has 0 saturated carbocycles. The molecule has 4 aromatic rings. The van der Waals surface area contributed by atoms with Crippen molar-refractivity contribution in [1.29, 1.82) is 0 Å². The van der Waals surface area contributed by atoms with Gasteiger partial charge in [0.15, 0.2) is 0 Å². The molecule has 0 aliphatic heterocycles. The maximum atomic E-state index is 3.30.